The molecule has 0 aliphatic carbocycles. The fraction of sp³-hybridized carbons (Fsp3) is 0. The molecule has 3 heterocycles. The summed E-state index contributed by atoms with van der Waals surface area (Å²) in [5.74, 6) is 0. The van der Waals surface area contributed by atoms with Crippen LogP contribution in [-0.4, -0.2) is 9.13 Å². The Bertz CT molecular complexity index is 3090. The van der Waals surface area contributed by atoms with Crippen LogP contribution in [0.25, 0.3) is 92.9 Å². The molecule has 5 heteroatoms. The van der Waals surface area contributed by atoms with E-state index in [1.54, 1.807) is 0 Å². The molecule has 0 bridgehead atoms. The van der Waals surface area contributed by atoms with Gasteiger partial charge in [-0.05, 0) is 101 Å². The van der Waals surface area contributed by atoms with E-state index in [9.17, 15) is 5.26 Å². The first-order valence-electron chi connectivity index (χ1n) is 16.1. The molecule has 0 spiro atoms. The number of furan rings is 1. The molecule has 0 saturated carbocycles. The predicted octanol–water partition coefficient (Wildman–Crippen LogP) is 11.9. The van der Waals surface area contributed by atoms with E-state index in [4.69, 9.17) is 11.0 Å². The van der Waals surface area contributed by atoms with Crippen molar-refractivity contribution >= 4 is 71.2 Å². The fourth-order valence-electron chi connectivity index (χ4n) is 7.54. The number of benzene rings is 7. The summed E-state index contributed by atoms with van der Waals surface area (Å²) in [7, 11) is 0. The van der Waals surface area contributed by atoms with Crippen LogP contribution in [-0.2, 0) is 0 Å². The first-order valence-corrected chi connectivity index (χ1v) is 16.1. The summed E-state index contributed by atoms with van der Waals surface area (Å²) < 4.78 is 10.9. The van der Waals surface area contributed by atoms with E-state index in [1.165, 1.54) is 0 Å². The van der Waals surface area contributed by atoms with Gasteiger partial charge >= 0.3 is 0 Å². The zero-order valence-corrected chi connectivity index (χ0v) is 26.1. The Labute approximate surface area is 280 Å². The first kappa shape index (κ1) is 27.1. The van der Waals surface area contributed by atoms with Gasteiger partial charge in [-0.15, -0.1) is 0 Å². The molecular formula is C44H24N4O. The van der Waals surface area contributed by atoms with Crippen molar-refractivity contribution in [2.45, 2.75) is 0 Å². The Morgan fingerprint density at radius 2 is 1.10 bits per heavy atom. The number of hydrogen-bond acceptors (Lipinski definition) is 2. The molecule has 0 N–H and O–H groups in total. The summed E-state index contributed by atoms with van der Waals surface area (Å²) in [4.78, 5) is 3.68. The van der Waals surface area contributed by atoms with Crippen molar-refractivity contribution in [2.24, 2.45) is 0 Å². The first-order chi connectivity index (χ1) is 24.2. The number of nitriles is 1. The SMILES string of the molecule is [C-]#[N+]c1ccc2c(c1)c1ccccc1n2-c1cccc(-c2ccc3oc4ccc(-n5c6ccccc6c6cc(C#N)ccc65)cc4c3c2)c1. The van der Waals surface area contributed by atoms with E-state index in [2.05, 4.69) is 129 Å². The van der Waals surface area contributed by atoms with E-state index in [-0.39, 0.29) is 0 Å². The third-order valence-electron chi connectivity index (χ3n) is 9.74. The Morgan fingerprint density at radius 3 is 1.84 bits per heavy atom. The van der Waals surface area contributed by atoms with E-state index in [0.29, 0.717) is 11.3 Å². The number of hydrogen-bond donors (Lipinski definition) is 0. The smallest absolute Gasteiger partial charge is 0.188 e. The highest BCUT2D eigenvalue weighted by Gasteiger charge is 2.17. The highest BCUT2D eigenvalue weighted by atomic mass is 16.3. The number of rotatable bonds is 3. The minimum absolute atomic E-state index is 0.638. The van der Waals surface area contributed by atoms with E-state index >= 15 is 0 Å². The molecule has 7 aromatic carbocycles. The van der Waals surface area contributed by atoms with Gasteiger partial charge < -0.3 is 13.6 Å². The Balaban J connectivity index is 1.14. The van der Waals surface area contributed by atoms with Gasteiger partial charge in [0, 0.05) is 38.3 Å². The van der Waals surface area contributed by atoms with Gasteiger partial charge in [0.15, 0.2) is 5.69 Å². The van der Waals surface area contributed by atoms with Gasteiger partial charge in [-0.1, -0.05) is 60.7 Å². The zero-order chi connectivity index (χ0) is 32.6. The third kappa shape index (κ3) is 3.97. The van der Waals surface area contributed by atoms with Gasteiger partial charge in [-0.2, -0.15) is 5.26 Å². The summed E-state index contributed by atoms with van der Waals surface area (Å²) in [6.07, 6.45) is 0. The summed E-state index contributed by atoms with van der Waals surface area (Å²) in [6.45, 7) is 7.54. The molecule has 0 amide bonds. The summed E-state index contributed by atoms with van der Waals surface area (Å²) in [5.41, 5.74) is 11.6. The minimum Gasteiger partial charge on any atom is -0.456 e. The molecular weight excluding hydrogens is 601 g/mol. The van der Waals surface area contributed by atoms with Gasteiger partial charge in [0.25, 0.3) is 0 Å². The van der Waals surface area contributed by atoms with Crippen LogP contribution in [0.15, 0.2) is 150 Å². The van der Waals surface area contributed by atoms with E-state index in [0.717, 1.165) is 88.1 Å². The highest BCUT2D eigenvalue weighted by Crippen LogP contribution is 2.39. The topological polar surface area (TPSA) is 51.1 Å². The summed E-state index contributed by atoms with van der Waals surface area (Å²) in [6, 6.07) is 52.2. The van der Waals surface area contributed by atoms with Crippen molar-refractivity contribution in [3.05, 3.63) is 163 Å². The van der Waals surface area contributed by atoms with Crippen LogP contribution < -0.4 is 0 Å². The predicted molar refractivity (Wildman–Crippen MR) is 199 cm³/mol. The second-order valence-electron chi connectivity index (χ2n) is 12.4. The molecule has 3 aromatic heterocycles. The lowest BCUT2D eigenvalue weighted by Gasteiger charge is -2.11. The van der Waals surface area contributed by atoms with Crippen LogP contribution in [0.4, 0.5) is 5.69 Å². The average molecular weight is 625 g/mol. The largest absolute Gasteiger partial charge is 0.456 e. The van der Waals surface area contributed by atoms with Crippen LogP contribution in [0, 0.1) is 17.9 Å². The van der Waals surface area contributed by atoms with Crippen molar-refractivity contribution in [3.8, 4) is 28.6 Å². The molecule has 49 heavy (non-hydrogen) atoms. The van der Waals surface area contributed by atoms with Crippen LogP contribution in [0.2, 0.25) is 0 Å². The van der Waals surface area contributed by atoms with Crippen molar-refractivity contribution in [1.29, 1.82) is 5.26 Å². The van der Waals surface area contributed by atoms with Crippen molar-refractivity contribution in [3.63, 3.8) is 0 Å². The van der Waals surface area contributed by atoms with Gasteiger partial charge in [-0.25, -0.2) is 4.85 Å². The molecule has 10 aromatic rings. The van der Waals surface area contributed by atoms with Crippen LogP contribution in [0.5, 0.6) is 0 Å². The van der Waals surface area contributed by atoms with Gasteiger partial charge in [0.05, 0.1) is 40.3 Å². The van der Waals surface area contributed by atoms with Crippen LogP contribution in [0.1, 0.15) is 5.56 Å². The molecule has 0 radical (unpaired) electrons. The summed E-state index contributed by atoms with van der Waals surface area (Å²) >= 11 is 0. The molecule has 0 aliphatic rings. The molecule has 0 aliphatic heterocycles. The lowest BCUT2D eigenvalue weighted by molar-refractivity contribution is 0.669. The highest BCUT2D eigenvalue weighted by molar-refractivity contribution is 6.12. The number of nitrogens with zero attached hydrogens (tertiary/aromatic N) is 4. The normalized spacial score (nSPS) is 11.6. The Hall–Kier alpha value is -7.08. The maximum absolute atomic E-state index is 9.58. The lowest BCUT2D eigenvalue weighted by Crippen LogP contribution is -1.94. The van der Waals surface area contributed by atoms with Crippen molar-refractivity contribution in [1.82, 2.24) is 9.13 Å². The Kier molecular flexibility index (Phi) is 5.64. The number of fused-ring (bicyclic) bond motifs is 9. The maximum Gasteiger partial charge on any atom is 0.188 e. The standard InChI is InChI=1S/C44H24N4O/c1-46-30-15-18-42-36(24-30)34-10-3-5-12-40(34)47(42)31-8-6-7-28(22-31)29-14-19-43-37(23-29)38-25-32(16-20-44(38)49-43)48-39-11-4-2-9-33(39)35-21-27(26-45)13-17-41(35)48/h2-25H. The molecule has 226 valence electrons. The second kappa shape index (κ2) is 10.2. The molecule has 0 saturated heterocycles. The van der Waals surface area contributed by atoms with Crippen molar-refractivity contribution in [2.75, 3.05) is 0 Å². The number of para-hydroxylation sites is 2. The third-order valence-corrected chi connectivity index (χ3v) is 9.74. The van der Waals surface area contributed by atoms with Gasteiger partial charge in [0.1, 0.15) is 11.2 Å². The van der Waals surface area contributed by atoms with Crippen LogP contribution in [0.3, 0.4) is 0 Å². The Morgan fingerprint density at radius 1 is 0.490 bits per heavy atom. The average Bonchev–Trinajstić information content (AvgIpc) is 3.81. The van der Waals surface area contributed by atoms with Crippen LogP contribution >= 0.6 is 0 Å². The van der Waals surface area contributed by atoms with Crippen molar-refractivity contribution < 1.29 is 4.42 Å². The second-order valence-corrected chi connectivity index (χ2v) is 12.4. The quantitative estimate of drug-likeness (QED) is 0.184. The minimum atomic E-state index is 0.638. The maximum atomic E-state index is 9.58. The number of aromatic nitrogens is 2. The zero-order valence-electron chi connectivity index (χ0n) is 26.1. The van der Waals surface area contributed by atoms with E-state index < -0.39 is 0 Å². The molecule has 5 nitrogen and oxygen atoms in total. The van der Waals surface area contributed by atoms with E-state index in [1.807, 2.05) is 36.4 Å². The molecule has 0 unspecified atom stereocenters. The fourth-order valence-corrected chi connectivity index (χ4v) is 7.54. The molecule has 10 rings (SSSR count). The molecule has 0 atom stereocenters. The van der Waals surface area contributed by atoms with Gasteiger partial charge in [0.2, 0.25) is 0 Å². The molecule has 0 fully saturated rings. The summed E-state index contributed by atoms with van der Waals surface area (Å²) in [5, 5.41) is 16.1. The van der Waals surface area contributed by atoms with Gasteiger partial charge in [-0.3, -0.25) is 0 Å². The monoisotopic (exact) mass is 624 g/mol. The lowest BCUT2D eigenvalue weighted by atomic mass is 10.0.